The van der Waals surface area contributed by atoms with Crippen molar-refractivity contribution in [1.82, 2.24) is 19.5 Å². The molecule has 0 saturated carbocycles. The van der Waals surface area contributed by atoms with Crippen LogP contribution in [0, 0.1) is 0 Å². The molecule has 4 rings (SSSR count). The smallest absolute Gasteiger partial charge is 0.255 e. The minimum absolute atomic E-state index is 0.0988. The summed E-state index contributed by atoms with van der Waals surface area (Å²) >= 11 is 0. The molecule has 35 heavy (non-hydrogen) atoms. The number of pyridine rings is 1. The summed E-state index contributed by atoms with van der Waals surface area (Å²) in [5.74, 6) is 0.0221. The van der Waals surface area contributed by atoms with Crippen LogP contribution in [0.2, 0.25) is 0 Å². The number of hydrogen-bond donors (Lipinski definition) is 2. The molecule has 1 aromatic heterocycles. The maximum Gasteiger partial charge on any atom is 0.255 e. The monoisotopic (exact) mass is 502 g/mol. The predicted molar refractivity (Wildman–Crippen MR) is 132 cm³/mol. The lowest BCUT2D eigenvalue weighted by molar-refractivity contribution is -0.0632. The van der Waals surface area contributed by atoms with Crippen molar-refractivity contribution in [2.75, 3.05) is 32.7 Å². The highest BCUT2D eigenvalue weighted by Crippen LogP contribution is 2.39. The number of aryl methyl sites for hydroxylation is 1. The van der Waals surface area contributed by atoms with Gasteiger partial charge in [0.1, 0.15) is 11.7 Å². The van der Waals surface area contributed by atoms with E-state index >= 15 is 0 Å². The summed E-state index contributed by atoms with van der Waals surface area (Å²) < 4.78 is 35.0. The number of amides is 1. The van der Waals surface area contributed by atoms with Crippen LogP contribution in [0.3, 0.4) is 0 Å². The molecule has 190 valence electrons. The maximum atomic E-state index is 13.2. The van der Waals surface area contributed by atoms with E-state index in [2.05, 4.69) is 21.5 Å². The Kier molecular flexibility index (Phi) is 7.19. The van der Waals surface area contributed by atoms with Crippen LogP contribution in [0.25, 0.3) is 0 Å². The highest BCUT2D eigenvalue weighted by Gasteiger charge is 2.45. The summed E-state index contributed by atoms with van der Waals surface area (Å²) in [6, 6.07) is 7.18. The molecule has 0 bridgehead atoms. The molecule has 0 radical (unpaired) electrons. The number of nitrogens with zero attached hydrogens (tertiary/aromatic N) is 3. The lowest BCUT2D eigenvalue weighted by Crippen LogP contribution is -2.53. The molecule has 2 aromatic rings. The molecule has 2 aliphatic heterocycles. The van der Waals surface area contributed by atoms with Crippen LogP contribution >= 0.6 is 0 Å². The number of piperazine rings is 1. The van der Waals surface area contributed by atoms with E-state index < -0.39 is 27.8 Å². The van der Waals surface area contributed by atoms with Gasteiger partial charge in [-0.05, 0) is 50.6 Å². The third-order valence-corrected chi connectivity index (χ3v) is 8.34. The minimum atomic E-state index is -3.97. The van der Waals surface area contributed by atoms with Crippen molar-refractivity contribution in [2.45, 2.75) is 56.8 Å². The first kappa shape index (κ1) is 25.6. The van der Waals surface area contributed by atoms with Crippen LogP contribution in [0.1, 0.15) is 55.2 Å². The SMILES string of the molecule is CCc1ccc(S(=O)(=O)N[C@@H]2c3cc(C(=O)N4CCN(CC)CC4)cnc3OC(C)(C)[C@H]2O)cc1. The number of carbonyl (C=O) groups excluding carboxylic acids is 1. The topological polar surface area (TPSA) is 112 Å². The number of likely N-dealkylation sites (N-methyl/N-ethyl adjacent to an activating group) is 1. The molecule has 1 amide bonds. The van der Waals surface area contributed by atoms with Gasteiger partial charge in [0.25, 0.3) is 5.91 Å². The summed E-state index contributed by atoms with van der Waals surface area (Å²) in [5, 5.41) is 11.1. The molecule has 10 heteroatoms. The van der Waals surface area contributed by atoms with Gasteiger partial charge in [0.05, 0.1) is 16.5 Å². The molecule has 3 heterocycles. The van der Waals surface area contributed by atoms with Gasteiger partial charge in [-0.15, -0.1) is 0 Å². The van der Waals surface area contributed by atoms with Crippen LogP contribution in [0.15, 0.2) is 41.4 Å². The van der Waals surface area contributed by atoms with Gasteiger partial charge in [-0.2, -0.15) is 0 Å². The number of ether oxygens (including phenoxy) is 1. The molecular formula is C25H34N4O5S. The lowest BCUT2D eigenvalue weighted by atomic mass is 9.88. The van der Waals surface area contributed by atoms with Gasteiger partial charge in [0.15, 0.2) is 0 Å². The Morgan fingerprint density at radius 3 is 2.43 bits per heavy atom. The number of sulfonamides is 1. The molecule has 2 N–H and O–H groups in total. The number of nitrogens with one attached hydrogen (secondary N) is 1. The number of fused-ring (bicyclic) bond motifs is 1. The van der Waals surface area contributed by atoms with E-state index in [1.807, 2.05) is 6.92 Å². The van der Waals surface area contributed by atoms with E-state index in [-0.39, 0.29) is 16.7 Å². The summed E-state index contributed by atoms with van der Waals surface area (Å²) in [7, 11) is -3.97. The van der Waals surface area contributed by atoms with Gasteiger partial charge < -0.3 is 19.6 Å². The van der Waals surface area contributed by atoms with E-state index in [0.717, 1.165) is 31.6 Å². The Bertz CT molecular complexity index is 1170. The van der Waals surface area contributed by atoms with Crippen LogP contribution in [0.4, 0.5) is 0 Å². The average molecular weight is 503 g/mol. The van der Waals surface area contributed by atoms with Crippen molar-refractivity contribution >= 4 is 15.9 Å². The Morgan fingerprint density at radius 1 is 1.17 bits per heavy atom. The second-order valence-electron chi connectivity index (χ2n) is 9.59. The van der Waals surface area contributed by atoms with Gasteiger partial charge in [-0.3, -0.25) is 4.79 Å². The average Bonchev–Trinajstić information content (AvgIpc) is 2.86. The standard InChI is InChI=1S/C25H34N4O5S/c1-5-17-7-9-19(10-8-17)35(32,33)27-21-20-15-18(16-26-23(20)34-25(3,4)22(21)30)24(31)29-13-11-28(6-2)12-14-29/h7-10,15-16,21-22,27,30H,5-6,11-14H2,1-4H3/t21-,22+/m1/s1. The molecule has 1 saturated heterocycles. The fourth-order valence-corrected chi connectivity index (χ4v) is 5.71. The van der Waals surface area contributed by atoms with Gasteiger partial charge in [0.2, 0.25) is 15.9 Å². The van der Waals surface area contributed by atoms with Crippen LogP contribution < -0.4 is 9.46 Å². The van der Waals surface area contributed by atoms with E-state index in [9.17, 15) is 18.3 Å². The molecule has 0 unspecified atom stereocenters. The van der Waals surface area contributed by atoms with E-state index in [1.54, 1.807) is 49.1 Å². The summed E-state index contributed by atoms with van der Waals surface area (Å²) in [6.07, 6.45) is 1.04. The van der Waals surface area contributed by atoms with Gasteiger partial charge >= 0.3 is 0 Å². The van der Waals surface area contributed by atoms with Gasteiger partial charge in [-0.25, -0.2) is 18.1 Å². The number of rotatable bonds is 6. The first-order valence-electron chi connectivity index (χ1n) is 12.1. The normalized spacial score (nSPS) is 22.4. The zero-order chi connectivity index (χ0) is 25.4. The molecule has 2 aliphatic rings. The minimum Gasteiger partial charge on any atom is -0.469 e. The van der Waals surface area contributed by atoms with Crippen molar-refractivity contribution < 1.29 is 23.1 Å². The summed E-state index contributed by atoms with van der Waals surface area (Å²) in [5.41, 5.74) is 0.597. The summed E-state index contributed by atoms with van der Waals surface area (Å²) in [4.78, 5) is 21.7. The van der Waals surface area contributed by atoms with Gasteiger partial charge in [-0.1, -0.05) is 26.0 Å². The van der Waals surface area contributed by atoms with Crippen LogP contribution in [-0.4, -0.2) is 78.6 Å². The zero-order valence-corrected chi connectivity index (χ0v) is 21.5. The van der Waals surface area contributed by atoms with Crippen molar-refractivity contribution in [1.29, 1.82) is 0 Å². The Hall–Kier alpha value is -2.53. The molecule has 0 aliphatic carbocycles. The third-order valence-electron chi connectivity index (χ3n) is 6.88. The number of aromatic nitrogens is 1. The molecule has 9 nitrogen and oxygen atoms in total. The molecule has 1 aromatic carbocycles. The fourth-order valence-electron chi connectivity index (χ4n) is 4.49. The highest BCUT2D eigenvalue weighted by atomic mass is 32.2. The second kappa shape index (κ2) is 9.85. The third kappa shape index (κ3) is 5.20. The Balaban J connectivity index is 1.65. The lowest BCUT2D eigenvalue weighted by Gasteiger charge is -2.41. The van der Waals surface area contributed by atoms with Crippen LogP contribution in [-0.2, 0) is 16.4 Å². The fraction of sp³-hybridized carbons (Fsp3) is 0.520. The number of aliphatic hydroxyl groups excluding tert-OH is 1. The Morgan fingerprint density at radius 2 is 1.83 bits per heavy atom. The largest absolute Gasteiger partial charge is 0.469 e. The van der Waals surface area contributed by atoms with E-state index in [0.29, 0.717) is 24.2 Å². The predicted octanol–water partition coefficient (Wildman–Crippen LogP) is 1.97. The first-order chi connectivity index (χ1) is 16.6. The van der Waals surface area contributed by atoms with Crippen molar-refractivity contribution in [2.24, 2.45) is 0 Å². The van der Waals surface area contributed by atoms with Crippen molar-refractivity contribution in [3.05, 3.63) is 53.2 Å². The molecular weight excluding hydrogens is 468 g/mol. The first-order valence-corrected chi connectivity index (χ1v) is 13.5. The molecule has 1 fully saturated rings. The molecule has 0 spiro atoms. The number of carbonyl (C=O) groups is 1. The highest BCUT2D eigenvalue weighted by molar-refractivity contribution is 7.89. The van der Waals surface area contributed by atoms with Crippen molar-refractivity contribution in [3.63, 3.8) is 0 Å². The number of benzene rings is 1. The number of aliphatic hydroxyl groups is 1. The van der Waals surface area contributed by atoms with Crippen LogP contribution in [0.5, 0.6) is 5.88 Å². The maximum absolute atomic E-state index is 13.2. The Labute approximate surface area is 207 Å². The second-order valence-corrected chi connectivity index (χ2v) is 11.3. The quantitative estimate of drug-likeness (QED) is 0.621. The summed E-state index contributed by atoms with van der Waals surface area (Å²) in [6.45, 7) is 11.2. The van der Waals surface area contributed by atoms with E-state index in [1.165, 1.54) is 6.20 Å². The van der Waals surface area contributed by atoms with Gasteiger partial charge in [0, 0.05) is 37.9 Å². The number of hydrogen-bond acceptors (Lipinski definition) is 7. The van der Waals surface area contributed by atoms with Crippen molar-refractivity contribution in [3.8, 4) is 5.88 Å². The van der Waals surface area contributed by atoms with E-state index in [4.69, 9.17) is 4.74 Å². The molecule has 2 atom stereocenters. The zero-order valence-electron chi connectivity index (χ0n) is 20.7.